The minimum Gasteiger partial charge on any atom is -0.496 e. The molecule has 0 aliphatic heterocycles. The number of aromatic nitrogens is 1. The average molecular weight is 340 g/mol. The van der Waals surface area contributed by atoms with Gasteiger partial charge in [0.15, 0.2) is 5.76 Å². The van der Waals surface area contributed by atoms with Gasteiger partial charge in [-0.25, -0.2) is 9.37 Å². The molecule has 6 heteroatoms. The summed E-state index contributed by atoms with van der Waals surface area (Å²) in [6.07, 6.45) is 1.55. The maximum absolute atomic E-state index is 13.0. The number of halogens is 1. The fraction of sp³-hybridized carbons (Fsp3) is 0.158. The Hall–Kier alpha value is -3.15. The summed E-state index contributed by atoms with van der Waals surface area (Å²) in [5, 5.41) is 2.83. The summed E-state index contributed by atoms with van der Waals surface area (Å²) in [4.78, 5) is 16.6. The third kappa shape index (κ3) is 3.68. The van der Waals surface area contributed by atoms with Crippen molar-refractivity contribution in [2.24, 2.45) is 0 Å². The topological polar surface area (TPSA) is 64.4 Å². The number of hydrogen-bond donors (Lipinski definition) is 1. The van der Waals surface area contributed by atoms with Gasteiger partial charge in [-0.1, -0.05) is 12.1 Å². The summed E-state index contributed by atoms with van der Waals surface area (Å²) in [7, 11) is 1.51. The van der Waals surface area contributed by atoms with Gasteiger partial charge in [-0.2, -0.15) is 0 Å². The van der Waals surface area contributed by atoms with E-state index in [1.54, 1.807) is 49.5 Å². The number of methoxy groups -OCH3 is 1. The quantitative estimate of drug-likeness (QED) is 0.763. The summed E-state index contributed by atoms with van der Waals surface area (Å²) in [6, 6.07) is 12.4. The number of carbonyl (C=O) groups excluding carboxylic acids is 1. The van der Waals surface area contributed by atoms with Gasteiger partial charge >= 0.3 is 0 Å². The normalized spacial score (nSPS) is 11.8. The van der Waals surface area contributed by atoms with Gasteiger partial charge in [0.1, 0.15) is 17.6 Å². The maximum atomic E-state index is 13.0. The summed E-state index contributed by atoms with van der Waals surface area (Å²) in [6.45, 7) is 1.77. The second-order valence-corrected chi connectivity index (χ2v) is 5.47. The number of nitrogens with one attached hydrogen (secondary N) is 1. The molecule has 128 valence electrons. The number of para-hydroxylation sites is 1. The van der Waals surface area contributed by atoms with Crippen LogP contribution in [-0.2, 0) is 0 Å². The van der Waals surface area contributed by atoms with Gasteiger partial charge in [-0.15, -0.1) is 0 Å². The van der Waals surface area contributed by atoms with Crippen molar-refractivity contribution in [2.75, 3.05) is 7.11 Å². The van der Waals surface area contributed by atoms with E-state index in [2.05, 4.69) is 10.3 Å². The van der Waals surface area contributed by atoms with Crippen molar-refractivity contribution >= 4 is 5.91 Å². The van der Waals surface area contributed by atoms with Gasteiger partial charge in [-0.05, 0) is 43.3 Å². The molecular formula is C19H17FN2O3. The van der Waals surface area contributed by atoms with E-state index < -0.39 is 6.04 Å². The van der Waals surface area contributed by atoms with Gasteiger partial charge in [0, 0.05) is 5.56 Å². The van der Waals surface area contributed by atoms with Crippen molar-refractivity contribution in [3.63, 3.8) is 0 Å². The van der Waals surface area contributed by atoms with E-state index in [1.165, 1.54) is 19.2 Å². The molecule has 1 amide bonds. The predicted octanol–water partition coefficient (Wildman–Crippen LogP) is 3.98. The molecule has 0 saturated carbocycles. The van der Waals surface area contributed by atoms with Crippen LogP contribution in [0.15, 0.2) is 59.1 Å². The first-order valence-corrected chi connectivity index (χ1v) is 7.74. The van der Waals surface area contributed by atoms with Gasteiger partial charge in [-0.3, -0.25) is 4.79 Å². The Morgan fingerprint density at radius 3 is 2.64 bits per heavy atom. The Bertz CT molecular complexity index is 874. The molecule has 1 unspecified atom stereocenters. The third-order valence-corrected chi connectivity index (χ3v) is 3.72. The van der Waals surface area contributed by atoms with Crippen LogP contribution >= 0.6 is 0 Å². The lowest BCUT2D eigenvalue weighted by atomic mass is 10.1. The van der Waals surface area contributed by atoms with E-state index in [0.29, 0.717) is 28.5 Å². The van der Waals surface area contributed by atoms with E-state index in [9.17, 15) is 9.18 Å². The van der Waals surface area contributed by atoms with Gasteiger partial charge in [0.25, 0.3) is 5.91 Å². The molecule has 1 heterocycles. The Labute approximate surface area is 144 Å². The van der Waals surface area contributed by atoms with E-state index in [4.69, 9.17) is 9.15 Å². The molecule has 3 aromatic rings. The number of oxazole rings is 1. The van der Waals surface area contributed by atoms with Crippen molar-refractivity contribution in [1.29, 1.82) is 0 Å². The van der Waals surface area contributed by atoms with Gasteiger partial charge in [0.05, 0.1) is 18.9 Å². The van der Waals surface area contributed by atoms with Crippen LogP contribution in [0.25, 0.3) is 11.3 Å². The smallest absolute Gasteiger partial charge is 0.255 e. The molecule has 5 nitrogen and oxygen atoms in total. The lowest BCUT2D eigenvalue weighted by Gasteiger charge is -2.12. The van der Waals surface area contributed by atoms with Crippen molar-refractivity contribution in [3.05, 3.63) is 72.0 Å². The standard InChI is InChI=1S/C19H17FN2O3/c1-12(22-18(23)15-5-3-4-6-16(15)24-2)19-21-11-17(25-19)13-7-9-14(20)10-8-13/h3-12H,1-2H3,(H,22,23). The van der Waals surface area contributed by atoms with Crippen LogP contribution in [-0.4, -0.2) is 18.0 Å². The molecule has 1 atom stereocenters. The molecule has 0 radical (unpaired) electrons. The number of hydrogen-bond acceptors (Lipinski definition) is 4. The highest BCUT2D eigenvalue weighted by Crippen LogP contribution is 2.24. The summed E-state index contributed by atoms with van der Waals surface area (Å²) in [5.74, 6) is 0.759. The zero-order valence-corrected chi connectivity index (χ0v) is 13.8. The molecule has 0 aliphatic rings. The van der Waals surface area contributed by atoms with Crippen LogP contribution in [0, 0.1) is 5.82 Å². The van der Waals surface area contributed by atoms with Crippen LogP contribution in [0.1, 0.15) is 29.2 Å². The zero-order chi connectivity index (χ0) is 17.8. The Morgan fingerprint density at radius 1 is 1.20 bits per heavy atom. The molecule has 1 N–H and O–H groups in total. The molecular weight excluding hydrogens is 323 g/mol. The number of amides is 1. The highest BCUT2D eigenvalue weighted by Gasteiger charge is 2.18. The number of rotatable bonds is 5. The zero-order valence-electron chi connectivity index (χ0n) is 13.8. The monoisotopic (exact) mass is 340 g/mol. The van der Waals surface area contributed by atoms with Crippen molar-refractivity contribution in [3.8, 4) is 17.1 Å². The molecule has 0 saturated heterocycles. The highest BCUT2D eigenvalue weighted by atomic mass is 19.1. The van der Waals surface area contributed by atoms with Crippen LogP contribution in [0.3, 0.4) is 0 Å². The first kappa shape index (κ1) is 16.7. The largest absolute Gasteiger partial charge is 0.496 e. The number of carbonyl (C=O) groups is 1. The van der Waals surface area contributed by atoms with Crippen molar-refractivity contribution < 1.29 is 18.3 Å². The van der Waals surface area contributed by atoms with Crippen molar-refractivity contribution in [2.45, 2.75) is 13.0 Å². The summed E-state index contributed by atoms with van der Waals surface area (Å²) >= 11 is 0. The Morgan fingerprint density at radius 2 is 1.92 bits per heavy atom. The summed E-state index contributed by atoms with van der Waals surface area (Å²) in [5.41, 5.74) is 1.14. The molecule has 2 aromatic carbocycles. The molecule has 0 fully saturated rings. The van der Waals surface area contributed by atoms with E-state index in [1.807, 2.05) is 0 Å². The molecule has 25 heavy (non-hydrogen) atoms. The van der Waals surface area contributed by atoms with Gasteiger partial charge in [0.2, 0.25) is 5.89 Å². The van der Waals surface area contributed by atoms with Crippen LogP contribution in [0.2, 0.25) is 0 Å². The van der Waals surface area contributed by atoms with Crippen LogP contribution in [0.4, 0.5) is 4.39 Å². The fourth-order valence-corrected chi connectivity index (χ4v) is 2.40. The van der Waals surface area contributed by atoms with E-state index in [-0.39, 0.29) is 11.7 Å². The Balaban J connectivity index is 1.74. The molecule has 3 rings (SSSR count). The maximum Gasteiger partial charge on any atom is 0.255 e. The fourth-order valence-electron chi connectivity index (χ4n) is 2.40. The van der Waals surface area contributed by atoms with E-state index in [0.717, 1.165) is 0 Å². The molecule has 1 aromatic heterocycles. The Kier molecular flexibility index (Phi) is 4.79. The van der Waals surface area contributed by atoms with Crippen LogP contribution in [0.5, 0.6) is 5.75 Å². The molecule has 0 spiro atoms. The minimum absolute atomic E-state index is 0.286. The summed E-state index contributed by atoms with van der Waals surface area (Å²) < 4.78 is 23.9. The number of ether oxygens (including phenoxy) is 1. The number of benzene rings is 2. The SMILES string of the molecule is COc1ccccc1C(=O)NC(C)c1ncc(-c2ccc(F)cc2)o1. The second kappa shape index (κ2) is 7.17. The second-order valence-electron chi connectivity index (χ2n) is 5.47. The lowest BCUT2D eigenvalue weighted by molar-refractivity contribution is 0.0931. The first-order chi connectivity index (χ1) is 12.1. The average Bonchev–Trinajstić information content (AvgIpc) is 3.12. The van der Waals surface area contributed by atoms with E-state index >= 15 is 0 Å². The predicted molar refractivity (Wildman–Crippen MR) is 90.8 cm³/mol. The lowest BCUT2D eigenvalue weighted by Crippen LogP contribution is -2.27. The molecule has 0 bridgehead atoms. The molecule has 0 aliphatic carbocycles. The van der Waals surface area contributed by atoms with Crippen molar-refractivity contribution in [1.82, 2.24) is 10.3 Å². The first-order valence-electron chi connectivity index (χ1n) is 7.74. The highest BCUT2D eigenvalue weighted by molar-refractivity contribution is 5.97. The van der Waals surface area contributed by atoms with Gasteiger partial charge < -0.3 is 14.5 Å². The number of nitrogens with zero attached hydrogens (tertiary/aromatic N) is 1. The third-order valence-electron chi connectivity index (χ3n) is 3.72. The minimum atomic E-state index is -0.438. The van der Waals surface area contributed by atoms with Crippen LogP contribution < -0.4 is 10.1 Å².